The second-order valence-corrected chi connectivity index (χ2v) is 9.65. The number of nitrogens with zero attached hydrogens (tertiary/aromatic N) is 1. The van der Waals surface area contributed by atoms with E-state index in [4.69, 9.17) is 26.4 Å². The van der Waals surface area contributed by atoms with Gasteiger partial charge in [0.15, 0.2) is 16.6 Å². The molecular formula is C31H38N2O3S. The number of hydrogen-bond acceptors (Lipinski definition) is 4. The average Bonchev–Trinajstić information content (AvgIpc) is 2.95. The first-order valence-electron chi connectivity index (χ1n) is 13.2. The van der Waals surface area contributed by atoms with E-state index in [1.807, 2.05) is 12.1 Å². The fraction of sp³-hybridized carbons (Fsp3) is 0.387. The Morgan fingerprint density at radius 3 is 2.16 bits per heavy atom. The van der Waals surface area contributed by atoms with Crippen molar-refractivity contribution in [3.05, 3.63) is 82.4 Å². The molecule has 5 nitrogen and oxygen atoms in total. The molecule has 0 radical (unpaired) electrons. The van der Waals surface area contributed by atoms with Crippen LogP contribution in [-0.4, -0.2) is 37.4 Å². The molecule has 0 aromatic heterocycles. The molecule has 1 aliphatic rings. The minimum atomic E-state index is -0.0757. The SMILES string of the molecule is CCc1ccc(OCC2c3cc(OC)c(OC)cc3CCN2C(=S)Nc2c(CC)cccc2CC)cc1. The molecule has 4 rings (SSSR count). The molecule has 1 aliphatic heterocycles. The second-order valence-electron chi connectivity index (χ2n) is 9.26. The Balaban J connectivity index is 1.67. The van der Waals surface area contributed by atoms with Crippen LogP contribution in [0, 0.1) is 0 Å². The molecule has 0 amide bonds. The third-order valence-electron chi connectivity index (χ3n) is 7.23. The van der Waals surface area contributed by atoms with E-state index in [-0.39, 0.29) is 6.04 Å². The van der Waals surface area contributed by atoms with E-state index in [1.54, 1.807) is 14.2 Å². The highest BCUT2D eigenvalue weighted by atomic mass is 32.1. The van der Waals surface area contributed by atoms with Gasteiger partial charge in [-0.1, -0.05) is 51.1 Å². The second kappa shape index (κ2) is 12.3. The Hall–Kier alpha value is -3.25. The van der Waals surface area contributed by atoms with Crippen LogP contribution in [0.1, 0.15) is 54.6 Å². The molecule has 1 heterocycles. The molecule has 3 aromatic carbocycles. The Bertz CT molecular complexity index is 1200. The van der Waals surface area contributed by atoms with Crippen molar-refractivity contribution in [3.8, 4) is 17.2 Å². The van der Waals surface area contributed by atoms with Crippen LogP contribution in [-0.2, 0) is 25.7 Å². The zero-order valence-corrected chi connectivity index (χ0v) is 23.4. The lowest BCUT2D eigenvalue weighted by Gasteiger charge is -2.39. The van der Waals surface area contributed by atoms with Gasteiger partial charge in [-0.15, -0.1) is 0 Å². The number of para-hydroxylation sites is 1. The van der Waals surface area contributed by atoms with Crippen molar-refractivity contribution < 1.29 is 14.2 Å². The van der Waals surface area contributed by atoms with Gasteiger partial charge in [-0.3, -0.25) is 0 Å². The van der Waals surface area contributed by atoms with Crippen LogP contribution < -0.4 is 19.5 Å². The number of ether oxygens (including phenoxy) is 3. The van der Waals surface area contributed by atoms with Crippen molar-refractivity contribution in [2.24, 2.45) is 0 Å². The summed E-state index contributed by atoms with van der Waals surface area (Å²) in [6.45, 7) is 7.77. The van der Waals surface area contributed by atoms with Crippen molar-refractivity contribution in [2.75, 3.05) is 32.7 Å². The number of thiocarbonyl (C=S) groups is 1. The van der Waals surface area contributed by atoms with Gasteiger partial charge in [0, 0.05) is 12.2 Å². The summed E-state index contributed by atoms with van der Waals surface area (Å²) in [5.74, 6) is 2.31. The average molecular weight is 519 g/mol. The van der Waals surface area contributed by atoms with Crippen molar-refractivity contribution in [1.29, 1.82) is 0 Å². The number of hydrogen-bond donors (Lipinski definition) is 1. The fourth-order valence-corrected chi connectivity index (χ4v) is 5.35. The predicted octanol–water partition coefficient (Wildman–Crippen LogP) is 6.77. The van der Waals surface area contributed by atoms with Crippen LogP contribution in [0.5, 0.6) is 17.2 Å². The van der Waals surface area contributed by atoms with Crippen molar-refractivity contribution in [3.63, 3.8) is 0 Å². The number of nitrogens with one attached hydrogen (secondary N) is 1. The van der Waals surface area contributed by atoms with Crippen LogP contribution in [0.25, 0.3) is 0 Å². The van der Waals surface area contributed by atoms with Crippen molar-refractivity contribution >= 4 is 23.0 Å². The molecule has 37 heavy (non-hydrogen) atoms. The molecule has 0 fully saturated rings. The lowest BCUT2D eigenvalue weighted by Crippen LogP contribution is -2.44. The molecule has 0 spiro atoms. The zero-order valence-electron chi connectivity index (χ0n) is 22.6. The van der Waals surface area contributed by atoms with Crippen LogP contribution >= 0.6 is 12.2 Å². The molecular weight excluding hydrogens is 480 g/mol. The van der Waals surface area contributed by atoms with E-state index >= 15 is 0 Å². The van der Waals surface area contributed by atoms with E-state index < -0.39 is 0 Å². The molecule has 0 aliphatic carbocycles. The van der Waals surface area contributed by atoms with Crippen molar-refractivity contribution in [1.82, 2.24) is 4.90 Å². The van der Waals surface area contributed by atoms with Gasteiger partial charge in [0.05, 0.1) is 20.3 Å². The summed E-state index contributed by atoms with van der Waals surface area (Å²) in [7, 11) is 3.35. The third kappa shape index (κ3) is 5.85. The number of anilines is 1. The van der Waals surface area contributed by atoms with Gasteiger partial charge >= 0.3 is 0 Å². The lowest BCUT2D eigenvalue weighted by atomic mass is 9.92. The maximum atomic E-state index is 6.35. The molecule has 1 unspecified atom stereocenters. The number of rotatable bonds is 9. The van der Waals surface area contributed by atoms with E-state index in [2.05, 4.69) is 73.5 Å². The van der Waals surface area contributed by atoms with Crippen LogP contribution in [0.15, 0.2) is 54.6 Å². The van der Waals surface area contributed by atoms with E-state index in [0.717, 1.165) is 55.0 Å². The quantitative estimate of drug-likeness (QED) is 0.316. The van der Waals surface area contributed by atoms with Gasteiger partial charge in [-0.2, -0.15) is 0 Å². The van der Waals surface area contributed by atoms with Crippen LogP contribution in [0.2, 0.25) is 0 Å². The lowest BCUT2D eigenvalue weighted by molar-refractivity contribution is 0.190. The molecule has 6 heteroatoms. The van der Waals surface area contributed by atoms with Gasteiger partial charge in [0.25, 0.3) is 0 Å². The first kappa shape index (κ1) is 26.8. The molecule has 0 saturated carbocycles. The minimum absolute atomic E-state index is 0.0757. The van der Waals surface area contributed by atoms with Crippen LogP contribution in [0.4, 0.5) is 5.69 Å². The monoisotopic (exact) mass is 518 g/mol. The van der Waals surface area contributed by atoms with Crippen molar-refractivity contribution in [2.45, 2.75) is 52.5 Å². The summed E-state index contributed by atoms with van der Waals surface area (Å²) in [4.78, 5) is 2.26. The van der Waals surface area contributed by atoms with Gasteiger partial charge in [-0.05, 0) is 90.0 Å². The number of methoxy groups -OCH3 is 2. The summed E-state index contributed by atoms with van der Waals surface area (Å²) >= 11 is 6.05. The maximum absolute atomic E-state index is 6.35. The topological polar surface area (TPSA) is 43.0 Å². The maximum Gasteiger partial charge on any atom is 0.174 e. The van der Waals surface area contributed by atoms with Gasteiger partial charge in [0.1, 0.15) is 12.4 Å². The molecule has 3 aromatic rings. The molecule has 1 N–H and O–H groups in total. The van der Waals surface area contributed by atoms with Gasteiger partial charge < -0.3 is 24.4 Å². The Labute approximate surface area is 226 Å². The molecule has 0 bridgehead atoms. The summed E-state index contributed by atoms with van der Waals surface area (Å²) in [6, 6.07) is 18.9. The highest BCUT2D eigenvalue weighted by Gasteiger charge is 2.32. The minimum Gasteiger partial charge on any atom is -0.493 e. The third-order valence-corrected chi connectivity index (χ3v) is 7.57. The van der Waals surface area contributed by atoms with Gasteiger partial charge in [-0.25, -0.2) is 0 Å². The number of benzene rings is 3. The summed E-state index contributed by atoms with van der Waals surface area (Å²) in [6.07, 6.45) is 3.75. The molecule has 1 atom stereocenters. The van der Waals surface area contributed by atoms with E-state index in [0.29, 0.717) is 17.5 Å². The Morgan fingerprint density at radius 1 is 0.919 bits per heavy atom. The number of fused-ring (bicyclic) bond motifs is 1. The fourth-order valence-electron chi connectivity index (χ4n) is 5.03. The normalized spacial score (nSPS) is 14.6. The number of aryl methyl sites for hydroxylation is 3. The smallest absolute Gasteiger partial charge is 0.174 e. The molecule has 0 saturated heterocycles. The van der Waals surface area contributed by atoms with Crippen LogP contribution in [0.3, 0.4) is 0 Å². The molecule has 196 valence electrons. The Kier molecular flexibility index (Phi) is 8.93. The van der Waals surface area contributed by atoms with Gasteiger partial charge in [0.2, 0.25) is 0 Å². The summed E-state index contributed by atoms with van der Waals surface area (Å²) in [5, 5.41) is 4.34. The first-order valence-corrected chi connectivity index (χ1v) is 13.6. The summed E-state index contributed by atoms with van der Waals surface area (Å²) in [5.41, 5.74) is 7.35. The predicted molar refractivity (Wildman–Crippen MR) is 155 cm³/mol. The van der Waals surface area contributed by atoms with E-state index in [1.165, 1.54) is 22.3 Å². The highest BCUT2D eigenvalue weighted by Crippen LogP contribution is 2.39. The Morgan fingerprint density at radius 2 is 1.57 bits per heavy atom. The first-order chi connectivity index (χ1) is 18.0. The largest absolute Gasteiger partial charge is 0.493 e. The highest BCUT2D eigenvalue weighted by molar-refractivity contribution is 7.80. The van der Waals surface area contributed by atoms with E-state index in [9.17, 15) is 0 Å². The summed E-state index contributed by atoms with van der Waals surface area (Å²) < 4.78 is 17.6. The zero-order chi connectivity index (χ0) is 26.4. The standard InChI is InChI=1S/C31H38N2O3S/c1-6-21-12-14-25(15-13-21)36-20-27-26-19-29(35-5)28(34-4)18-24(26)16-17-33(27)31(37)32-30-22(7-2)10-9-11-23(30)8-3/h9-15,18-19,27H,6-8,16-17,20H2,1-5H3,(H,32,37).